The quantitative estimate of drug-likeness (QED) is 0.414. The van der Waals surface area contributed by atoms with Crippen LogP contribution in [0.25, 0.3) is 0 Å². The molecule has 0 aromatic carbocycles. The van der Waals surface area contributed by atoms with Gasteiger partial charge in [-0.15, -0.1) is 0 Å². The first-order valence-corrected chi connectivity index (χ1v) is 11.6. The van der Waals surface area contributed by atoms with E-state index in [0.717, 1.165) is 12.1 Å². The average Bonchev–Trinajstić information content (AvgIpc) is 2.66. The second-order valence-corrected chi connectivity index (χ2v) is 8.56. The molecule has 2 nitrogen and oxygen atoms in total. The smallest absolute Gasteiger partial charge is 0.0248 e. The van der Waals surface area contributed by atoms with Crippen molar-refractivity contribution in [2.75, 3.05) is 27.2 Å². The number of rotatable bonds is 10. The average molecular weight is 353 g/mol. The van der Waals surface area contributed by atoms with Crippen LogP contribution in [0.3, 0.4) is 0 Å². The highest BCUT2D eigenvalue weighted by atomic mass is 15.2. The predicted molar refractivity (Wildman–Crippen MR) is 113 cm³/mol. The first kappa shape index (κ1) is 23.0. The molecule has 0 N–H and O–H groups in total. The SMILES string of the molecule is CCCCCCC(C1CCCCCCCCCN1C)N(C)CCCC. The second kappa shape index (κ2) is 15.0. The minimum absolute atomic E-state index is 0.758. The highest BCUT2D eigenvalue weighted by Gasteiger charge is 2.27. The van der Waals surface area contributed by atoms with Gasteiger partial charge in [0.25, 0.3) is 0 Å². The van der Waals surface area contributed by atoms with Gasteiger partial charge in [0, 0.05) is 12.1 Å². The van der Waals surface area contributed by atoms with E-state index in [1.165, 1.54) is 109 Å². The summed E-state index contributed by atoms with van der Waals surface area (Å²) in [5.41, 5.74) is 0. The summed E-state index contributed by atoms with van der Waals surface area (Å²) >= 11 is 0. The highest BCUT2D eigenvalue weighted by molar-refractivity contribution is 4.85. The van der Waals surface area contributed by atoms with E-state index < -0.39 is 0 Å². The fourth-order valence-electron chi connectivity index (χ4n) is 4.53. The Kier molecular flexibility index (Phi) is 13.8. The number of unbranched alkanes of at least 4 members (excludes halogenated alkanes) is 4. The van der Waals surface area contributed by atoms with Crippen molar-refractivity contribution in [2.24, 2.45) is 0 Å². The zero-order chi connectivity index (χ0) is 18.3. The molecule has 0 amide bonds. The van der Waals surface area contributed by atoms with E-state index in [1.807, 2.05) is 0 Å². The third-order valence-electron chi connectivity index (χ3n) is 6.30. The molecule has 1 aliphatic heterocycles. The van der Waals surface area contributed by atoms with Crippen molar-refractivity contribution in [3.63, 3.8) is 0 Å². The third-order valence-corrected chi connectivity index (χ3v) is 6.30. The van der Waals surface area contributed by atoms with Crippen LogP contribution in [0, 0.1) is 0 Å². The summed E-state index contributed by atoms with van der Waals surface area (Å²) < 4.78 is 0. The summed E-state index contributed by atoms with van der Waals surface area (Å²) in [7, 11) is 4.81. The molecule has 1 aliphatic rings. The van der Waals surface area contributed by atoms with Crippen LogP contribution in [0.1, 0.15) is 110 Å². The molecule has 2 heteroatoms. The van der Waals surface area contributed by atoms with Crippen LogP contribution >= 0.6 is 0 Å². The standard InChI is InChI=1S/C23H48N2/c1-5-7-9-15-18-22(24(3)20-8-6-2)23-19-16-13-11-10-12-14-17-21-25(23)4/h22-23H,5-21H2,1-4H3. The Labute approximate surface area is 159 Å². The van der Waals surface area contributed by atoms with Crippen molar-refractivity contribution < 1.29 is 0 Å². The fourth-order valence-corrected chi connectivity index (χ4v) is 4.53. The maximum absolute atomic E-state index is 2.73. The molecule has 0 aromatic heterocycles. The normalized spacial score (nSPS) is 22.7. The van der Waals surface area contributed by atoms with Gasteiger partial charge in [0.1, 0.15) is 0 Å². The molecule has 0 saturated carbocycles. The van der Waals surface area contributed by atoms with Crippen LogP contribution in [0.15, 0.2) is 0 Å². The van der Waals surface area contributed by atoms with E-state index in [2.05, 4.69) is 37.7 Å². The number of hydrogen-bond acceptors (Lipinski definition) is 2. The van der Waals surface area contributed by atoms with Gasteiger partial charge in [-0.1, -0.05) is 84.5 Å². The second-order valence-electron chi connectivity index (χ2n) is 8.56. The molecular weight excluding hydrogens is 304 g/mol. The zero-order valence-corrected chi connectivity index (χ0v) is 18.1. The van der Waals surface area contributed by atoms with Crippen LogP contribution in [0.4, 0.5) is 0 Å². The van der Waals surface area contributed by atoms with E-state index in [9.17, 15) is 0 Å². The van der Waals surface area contributed by atoms with Crippen LogP contribution in [-0.4, -0.2) is 49.1 Å². The van der Waals surface area contributed by atoms with Gasteiger partial charge in [-0.25, -0.2) is 0 Å². The molecule has 0 radical (unpaired) electrons. The lowest BCUT2D eigenvalue weighted by Gasteiger charge is -2.40. The molecule has 1 saturated heterocycles. The van der Waals surface area contributed by atoms with Gasteiger partial charge in [0.15, 0.2) is 0 Å². The van der Waals surface area contributed by atoms with Crippen molar-refractivity contribution >= 4 is 0 Å². The summed E-state index contributed by atoms with van der Waals surface area (Å²) in [6, 6.07) is 1.52. The number of likely N-dealkylation sites (N-methyl/N-ethyl adjacent to an activating group) is 2. The van der Waals surface area contributed by atoms with Gasteiger partial charge in [-0.2, -0.15) is 0 Å². The Morgan fingerprint density at radius 2 is 1.48 bits per heavy atom. The van der Waals surface area contributed by atoms with E-state index >= 15 is 0 Å². The van der Waals surface area contributed by atoms with E-state index in [1.54, 1.807) is 0 Å². The molecule has 1 fully saturated rings. The maximum atomic E-state index is 2.73. The van der Waals surface area contributed by atoms with Crippen molar-refractivity contribution in [2.45, 2.75) is 122 Å². The fraction of sp³-hybridized carbons (Fsp3) is 1.00. The van der Waals surface area contributed by atoms with Crippen molar-refractivity contribution in [3.8, 4) is 0 Å². The number of nitrogens with zero attached hydrogens (tertiary/aromatic N) is 2. The van der Waals surface area contributed by atoms with Gasteiger partial charge in [0.2, 0.25) is 0 Å². The molecule has 1 heterocycles. The molecular formula is C23H48N2. The van der Waals surface area contributed by atoms with Crippen LogP contribution < -0.4 is 0 Å². The van der Waals surface area contributed by atoms with Gasteiger partial charge in [-0.3, -0.25) is 0 Å². The van der Waals surface area contributed by atoms with Gasteiger partial charge in [0.05, 0.1) is 0 Å². The van der Waals surface area contributed by atoms with Crippen molar-refractivity contribution in [1.29, 1.82) is 0 Å². The molecule has 2 atom stereocenters. The number of hydrogen-bond donors (Lipinski definition) is 0. The molecule has 0 aliphatic carbocycles. The molecule has 0 aromatic rings. The van der Waals surface area contributed by atoms with Crippen molar-refractivity contribution in [3.05, 3.63) is 0 Å². The minimum Gasteiger partial charge on any atom is -0.302 e. The molecule has 0 bridgehead atoms. The van der Waals surface area contributed by atoms with Gasteiger partial charge >= 0.3 is 0 Å². The maximum Gasteiger partial charge on any atom is 0.0248 e. The monoisotopic (exact) mass is 352 g/mol. The lowest BCUT2D eigenvalue weighted by molar-refractivity contribution is 0.0936. The van der Waals surface area contributed by atoms with E-state index in [4.69, 9.17) is 0 Å². The summed E-state index contributed by atoms with van der Waals surface area (Å²) in [4.78, 5) is 5.45. The molecule has 25 heavy (non-hydrogen) atoms. The topological polar surface area (TPSA) is 6.48 Å². The Morgan fingerprint density at radius 3 is 2.16 bits per heavy atom. The van der Waals surface area contributed by atoms with Gasteiger partial charge in [-0.05, 0) is 52.9 Å². The largest absolute Gasteiger partial charge is 0.302 e. The van der Waals surface area contributed by atoms with E-state index in [-0.39, 0.29) is 0 Å². The van der Waals surface area contributed by atoms with Crippen molar-refractivity contribution in [1.82, 2.24) is 9.80 Å². The van der Waals surface area contributed by atoms with Gasteiger partial charge < -0.3 is 9.80 Å². The lowest BCUT2D eigenvalue weighted by Crippen LogP contribution is -2.50. The minimum atomic E-state index is 0.758. The molecule has 150 valence electrons. The Morgan fingerprint density at radius 1 is 0.840 bits per heavy atom. The lowest BCUT2D eigenvalue weighted by atomic mass is 9.93. The Balaban J connectivity index is 2.71. The molecule has 2 unspecified atom stereocenters. The summed E-state index contributed by atoms with van der Waals surface area (Å²) in [6.07, 6.45) is 21.2. The molecule has 0 spiro atoms. The zero-order valence-electron chi connectivity index (χ0n) is 18.1. The summed E-state index contributed by atoms with van der Waals surface area (Å²) in [6.45, 7) is 7.23. The molecule has 1 rings (SSSR count). The highest BCUT2D eigenvalue weighted by Crippen LogP contribution is 2.24. The van der Waals surface area contributed by atoms with E-state index in [0.29, 0.717) is 0 Å². The summed E-state index contributed by atoms with van der Waals surface area (Å²) in [5.74, 6) is 0. The Bertz CT molecular complexity index is 292. The van der Waals surface area contributed by atoms with Crippen LogP contribution in [0.2, 0.25) is 0 Å². The summed E-state index contributed by atoms with van der Waals surface area (Å²) in [5, 5.41) is 0. The Hall–Kier alpha value is -0.0800. The predicted octanol–water partition coefficient (Wildman–Crippen LogP) is 6.49. The third kappa shape index (κ3) is 9.99. The first-order chi connectivity index (χ1) is 12.2. The van der Waals surface area contributed by atoms with Crippen LogP contribution in [-0.2, 0) is 0 Å². The van der Waals surface area contributed by atoms with Crippen LogP contribution in [0.5, 0.6) is 0 Å². The first-order valence-electron chi connectivity index (χ1n) is 11.6.